The monoisotopic (exact) mass is 588 g/mol. The summed E-state index contributed by atoms with van der Waals surface area (Å²) in [6.45, 7) is 0. The van der Waals surface area contributed by atoms with Gasteiger partial charge in [-0.3, -0.25) is 0 Å². The molecule has 0 spiro atoms. The number of hydrogen-bond donors (Lipinski definition) is 0. The first-order valence-corrected chi connectivity index (χ1v) is 15.6. The van der Waals surface area contributed by atoms with Crippen LogP contribution in [-0.4, -0.2) is 0 Å². The lowest BCUT2D eigenvalue weighted by atomic mass is 9.89. The predicted molar refractivity (Wildman–Crippen MR) is 191 cm³/mol. The van der Waals surface area contributed by atoms with Crippen molar-refractivity contribution < 1.29 is 8.83 Å². The summed E-state index contributed by atoms with van der Waals surface area (Å²) in [5, 5.41) is 4.39. The van der Waals surface area contributed by atoms with E-state index in [0.717, 1.165) is 83.2 Å². The lowest BCUT2D eigenvalue weighted by molar-refractivity contribution is 0.602. The van der Waals surface area contributed by atoms with Crippen molar-refractivity contribution in [2.24, 2.45) is 0 Å². The van der Waals surface area contributed by atoms with Crippen LogP contribution in [0.5, 0.6) is 0 Å². The Bertz CT molecular complexity index is 2520. The van der Waals surface area contributed by atoms with Crippen LogP contribution in [0.3, 0.4) is 0 Å². The molecule has 2 heterocycles. The van der Waals surface area contributed by atoms with Crippen molar-refractivity contribution >= 4 is 32.7 Å². The fourth-order valence-electron chi connectivity index (χ4n) is 6.75. The number of benzene rings is 7. The summed E-state index contributed by atoms with van der Waals surface area (Å²) in [6.07, 6.45) is 0. The molecule has 216 valence electrons. The van der Waals surface area contributed by atoms with Crippen LogP contribution >= 0.6 is 0 Å². The number of para-hydroxylation sites is 1. The van der Waals surface area contributed by atoms with Crippen LogP contribution in [0.15, 0.2) is 179 Å². The fraction of sp³-hybridized carbons (Fsp3) is 0. The summed E-state index contributed by atoms with van der Waals surface area (Å²) in [5.41, 5.74) is 10.7. The zero-order valence-corrected chi connectivity index (χ0v) is 25.0. The summed E-state index contributed by atoms with van der Waals surface area (Å²) >= 11 is 0. The number of fused-ring (bicyclic) bond motifs is 4. The van der Waals surface area contributed by atoms with E-state index in [2.05, 4.69) is 152 Å². The molecule has 0 amide bonds. The maximum Gasteiger partial charge on any atom is 0.143 e. The minimum Gasteiger partial charge on any atom is -0.456 e. The van der Waals surface area contributed by atoms with E-state index in [4.69, 9.17) is 8.83 Å². The van der Waals surface area contributed by atoms with Gasteiger partial charge in [0.2, 0.25) is 0 Å². The third-order valence-electron chi connectivity index (χ3n) is 8.92. The van der Waals surface area contributed by atoms with Crippen molar-refractivity contribution in [2.45, 2.75) is 0 Å². The fourth-order valence-corrected chi connectivity index (χ4v) is 6.75. The van der Waals surface area contributed by atoms with E-state index in [1.54, 1.807) is 0 Å². The van der Waals surface area contributed by atoms with E-state index in [1.807, 2.05) is 18.2 Å². The molecule has 0 saturated heterocycles. The minimum atomic E-state index is 0.863. The maximum absolute atomic E-state index is 7.08. The molecular formula is C44H28O2. The molecule has 2 heteroatoms. The van der Waals surface area contributed by atoms with Crippen LogP contribution < -0.4 is 0 Å². The Morgan fingerprint density at radius 1 is 0.283 bits per heavy atom. The molecule has 0 N–H and O–H groups in total. The third kappa shape index (κ3) is 4.35. The second kappa shape index (κ2) is 10.8. The highest BCUT2D eigenvalue weighted by atomic mass is 16.3. The van der Waals surface area contributed by atoms with Gasteiger partial charge in [-0.15, -0.1) is 0 Å². The van der Waals surface area contributed by atoms with Crippen molar-refractivity contribution in [3.05, 3.63) is 170 Å². The quantitative estimate of drug-likeness (QED) is 0.200. The largest absolute Gasteiger partial charge is 0.456 e. The number of hydrogen-bond acceptors (Lipinski definition) is 2. The standard InChI is InChI=1S/C44H28O2/c1-3-13-29(14-4-1)31-17-11-18-33(27-31)43-37-20-7-8-21-38(37)44(46-43)42-34(30-15-5-2-6-16-30)22-12-23-35(42)32-25-26-41-39(28-32)36-19-9-10-24-40(36)45-41/h1-28H. The van der Waals surface area contributed by atoms with Crippen molar-refractivity contribution in [1.82, 2.24) is 0 Å². The third-order valence-corrected chi connectivity index (χ3v) is 8.92. The Balaban J connectivity index is 1.31. The molecule has 0 bridgehead atoms. The Labute approximate surface area is 266 Å². The summed E-state index contributed by atoms with van der Waals surface area (Å²) in [5.74, 6) is 1.73. The van der Waals surface area contributed by atoms with Crippen molar-refractivity contribution in [1.29, 1.82) is 0 Å². The van der Waals surface area contributed by atoms with Gasteiger partial charge in [-0.2, -0.15) is 0 Å². The van der Waals surface area contributed by atoms with Crippen LogP contribution in [0.2, 0.25) is 0 Å². The van der Waals surface area contributed by atoms with Gasteiger partial charge in [0, 0.05) is 32.7 Å². The highest BCUT2D eigenvalue weighted by Crippen LogP contribution is 2.47. The average molecular weight is 589 g/mol. The van der Waals surface area contributed by atoms with Crippen molar-refractivity contribution in [2.75, 3.05) is 0 Å². The smallest absolute Gasteiger partial charge is 0.143 e. The van der Waals surface area contributed by atoms with Gasteiger partial charge in [-0.05, 0) is 57.6 Å². The van der Waals surface area contributed by atoms with E-state index in [0.29, 0.717) is 0 Å². The molecule has 0 unspecified atom stereocenters. The topological polar surface area (TPSA) is 26.3 Å². The molecule has 0 aliphatic carbocycles. The zero-order valence-electron chi connectivity index (χ0n) is 25.0. The summed E-state index contributed by atoms with van der Waals surface area (Å²) in [4.78, 5) is 0. The van der Waals surface area contributed by atoms with E-state index in [9.17, 15) is 0 Å². The first-order chi connectivity index (χ1) is 22.8. The second-order valence-electron chi connectivity index (χ2n) is 11.7. The van der Waals surface area contributed by atoms with Crippen LogP contribution in [0.1, 0.15) is 0 Å². The van der Waals surface area contributed by atoms with Crippen molar-refractivity contribution in [3.8, 4) is 56.0 Å². The van der Waals surface area contributed by atoms with E-state index in [-0.39, 0.29) is 0 Å². The first kappa shape index (κ1) is 26.3. The highest BCUT2D eigenvalue weighted by Gasteiger charge is 2.23. The molecule has 0 radical (unpaired) electrons. The first-order valence-electron chi connectivity index (χ1n) is 15.6. The van der Waals surface area contributed by atoms with Crippen LogP contribution in [-0.2, 0) is 0 Å². The minimum absolute atomic E-state index is 0.863. The summed E-state index contributed by atoms with van der Waals surface area (Å²) in [7, 11) is 0. The van der Waals surface area contributed by atoms with E-state index < -0.39 is 0 Å². The Hall–Kier alpha value is -6.12. The average Bonchev–Trinajstić information content (AvgIpc) is 3.71. The van der Waals surface area contributed by atoms with Gasteiger partial charge in [0.25, 0.3) is 0 Å². The van der Waals surface area contributed by atoms with E-state index in [1.165, 1.54) is 5.56 Å². The van der Waals surface area contributed by atoms with Crippen molar-refractivity contribution in [3.63, 3.8) is 0 Å². The van der Waals surface area contributed by atoms with Crippen LogP contribution in [0, 0.1) is 0 Å². The molecule has 2 nitrogen and oxygen atoms in total. The molecular weight excluding hydrogens is 560 g/mol. The maximum atomic E-state index is 7.08. The van der Waals surface area contributed by atoms with Gasteiger partial charge in [-0.1, -0.05) is 146 Å². The molecule has 0 fully saturated rings. The summed E-state index contributed by atoms with van der Waals surface area (Å²) < 4.78 is 13.3. The Morgan fingerprint density at radius 2 is 0.848 bits per heavy atom. The molecule has 9 rings (SSSR count). The lowest BCUT2D eigenvalue weighted by Gasteiger charge is -2.15. The van der Waals surface area contributed by atoms with E-state index >= 15 is 0 Å². The number of rotatable bonds is 5. The highest BCUT2D eigenvalue weighted by molar-refractivity contribution is 6.10. The van der Waals surface area contributed by atoms with Crippen LogP contribution in [0.25, 0.3) is 88.7 Å². The summed E-state index contributed by atoms with van der Waals surface area (Å²) in [6, 6.07) is 59.6. The van der Waals surface area contributed by atoms with Gasteiger partial charge < -0.3 is 8.83 Å². The molecule has 9 aromatic rings. The molecule has 0 atom stereocenters. The van der Waals surface area contributed by atoms with Gasteiger partial charge in [0.1, 0.15) is 22.7 Å². The second-order valence-corrected chi connectivity index (χ2v) is 11.7. The molecule has 2 aromatic heterocycles. The molecule has 0 saturated carbocycles. The van der Waals surface area contributed by atoms with Gasteiger partial charge in [0.15, 0.2) is 0 Å². The van der Waals surface area contributed by atoms with Gasteiger partial charge in [0.05, 0.1) is 0 Å². The molecule has 0 aliphatic heterocycles. The SMILES string of the molecule is c1ccc(-c2cccc(-c3oc(-c4c(-c5ccccc5)cccc4-c4ccc5oc6ccccc6c5c4)c4ccccc34)c2)cc1. The zero-order chi connectivity index (χ0) is 30.5. The Morgan fingerprint density at radius 3 is 1.63 bits per heavy atom. The molecule has 0 aliphatic rings. The molecule has 7 aromatic carbocycles. The predicted octanol–water partition coefficient (Wildman–Crippen LogP) is 12.7. The molecule has 46 heavy (non-hydrogen) atoms. The normalized spacial score (nSPS) is 11.5. The van der Waals surface area contributed by atoms with Gasteiger partial charge >= 0.3 is 0 Å². The Kier molecular flexibility index (Phi) is 6.17. The number of furan rings is 2. The van der Waals surface area contributed by atoms with Gasteiger partial charge in [-0.25, -0.2) is 0 Å². The lowest BCUT2D eigenvalue weighted by Crippen LogP contribution is -1.90. The van der Waals surface area contributed by atoms with Crippen LogP contribution in [0.4, 0.5) is 0 Å².